The van der Waals surface area contributed by atoms with Crippen molar-refractivity contribution < 1.29 is 22.0 Å². The normalized spacial score (nSPS) is 11.9. The van der Waals surface area contributed by atoms with Crippen LogP contribution in [0.5, 0.6) is 0 Å². The molecule has 0 unspecified atom stereocenters. The molecular formula is C14H15F2N3O3S. The predicted octanol–water partition coefficient (Wildman–Crippen LogP) is 2.78. The average Bonchev–Trinajstić information content (AvgIpc) is 2.97. The minimum absolute atomic E-state index is 0.0887. The topological polar surface area (TPSA) is 91.9 Å². The van der Waals surface area contributed by atoms with Gasteiger partial charge in [-0.2, -0.15) is 13.9 Å². The summed E-state index contributed by atoms with van der Waals surface area (Å²) in [5.41, 5.74) is 0.978. The first-order valence-electron chi connectivity index (χ1n) is 6.70. The molecule has 0 saturated carbocycles. The number of alkyl halides is 2. The molecule has 0 bridgehead atoms. The third-order valence-electron chi connectivity index (χ3n) is 3.11. The number of aromatic nitrogens is 2. The van der Waals surface area contributed by atoms with Crippen molar-refractivity contribution in [3.63, 3.8) is 0 Å². The summed E-state index contributed by atoms with van der Waals surface area (Å²) in [5, 5.41) is 9.01. The Hall–Kier alpha value is -2.29. The van der Waals surface area contributed by atoms with Crippen molar-refractivity contribution in [2.45, 2.75) is 30.4 Å². The number of aromatic amines is 1. The Morgan fingerprint density at radius 2 is 1.96 bits per heavy atom. The molecule has 23 heavy (non-hydrogen) atoms. The molecule has 0 aliphatic heterocycles. The van der Waals surface area contributed by atoms with E-state index in [2.05, 4.69) is 15.5 Å². The van der Waals surface area contributed by atoms with Crippen LogP contribution >= 0.6 is 0 Å². The minimum Gasteiger partial charge on any atom is -0.321 e. The highest BCUT2D eigenvalue weighted by Gasteiger charge is 2.26. The molecule has 0 fully saturated rings. The lowest BCUT2D eigenvalue weighted by Gasteiger charge is -2.07. The van der Waals surface area contributed by atoms with E-state index in [-0.39, 0.29) is 17.3 Å². The summed E-state index contributed by atoms with van der Waals surface area (Å²) in [6.07, 6.45) is 0. The van der Waals surface area contributed by atoms with Crippen LogP contribution in [0.3, 0.4) is 0 Å². The van der Waals surface area contributed by atoms with Crippen molar-refractivity contribution in [1.82, 2.24) is 10.2 Å². The van der Waals surface area contributed by atoms with E-state index in [9.17, 15) is 22.0 Å². The van der Waals surface area contributed by atoms with Crippen molar-refractivity contribution in [2.75, 3.05) is 5.32 Å². The molecule has 0 aliphatic carbocycles. The highest BCUT2D eigenvalue weighted by atomic mass is 32.2. The molecule has 0 saturated heterocycles. The van der Waals surface area contributed by atoms with Gasteiger partial charge >= 0.3 is 5.76 Å². The zero-order chi connectivity index (χ0) is 17.2. The van der Waals surface area contributed by atoms with Crippen LogP contribution < -0.4 is 5.32 Å². The fraction of sp³-hybridized carbons (Fsp3) is 0.286. The smallest absolute Gasteiger partial charge is 0.321 e. The first kappa shape index (κ1) is 17.1. The van der Waals surface area contributed by atoms with Crippen LogP contribution in [0.25, 0.3) is 0 Å². The van der Waals surface area contributed by atoms with Gasteiger partial charge in [0, 0.05) is 11.4 Å². The van der Waals surface area contributed by atoms with Crippen LogP contribution in [0.4, 0.5) is 14.5 Å². The molecule has 6 nitrogen and oxygen atoms in total. The second kappa shape index (κ2) is 6.45. The van der Waals surface area contributed by atoms with Crippen LogP contribution in [0, 0.1) is 0 Å². The molecule has 0 atom stereocenters. The van der Waals surface area contributed by atoms with Gasteiger partial charge in [0.15, 0.2) is 5.69 Å². The Morgan fingerprint density at radius 1 is 1.26 bits per heavy atom. The second-order valence-corrected chi connectivity index (χ2v) is 7.07. The summed E-state index contributed by atoms with van der Waals surface area (Å²) in [7, 11) is -4.71. The number of hydrogen-bond donors (Lipinski definition) is 2. The lowest BCUT2D eigenvalue weighted by atomic mass is 10.1. The van der Waals surface area contributed by atoms with Gasteiger partial charge in [-0.3, -0.25) is 9.89 Å². The fourth-order valence-corrected chi connectivity index (χ4v) is 2.56. The lowest BCUT2D eigenvalue weighted by molar-refractivity contribution is 0.102. The van der Waals surface area contributed by atoms with Gasteiger partial charge in [0.1, 0.15) is 0 Å². The van der Waals surface area contributed by atoms with E-state index in [1.54, 1.807) is 6.07 Å². The standard InChI is InChI=1S/C14H15F2N3O3S/c1-8(2)11-7-12(19-18-11)13(20)17-9-4-3-5-10(6-9)23(21,22)14(15)16/h3-8,14H,1-2H3,(H,17,20)(H,18,19). The second-order valence-electron chi connectivity index (χ2n) is 5.15. The summed E-state index contributed by atoms with van der Waals surface area (Å²) in [4.78, 5) is 11.5. The van der Waals surface area contributed by atoms with E-state index < -0.39 is 26.4 Å². The van der Waals surface area contributed by atoms with Crippen molar-refractivity contribution in [3.8, 4) is 0 Å². The van der Waals surface area contributed by atoms with Crippen LogP contribution in [0.15, 0.2) is 35.2 Å². The largest absolute Gasteiger partial charge is 0.341 e. The van der Waals surface area contributed by atoms with Crippen LogP contribution in [-0.2, 0) is 9.84 Å². The van der Waals surface area contributed by atoms with Crippen LogP contribution in [0.1, 0.15) is 35.9 Å². The molecule has 1 heterocycles. The monoisotopic (exact) mass is 343 g/mol. The van der Waals surface area contributed by atoms with Crippen molar-refractivity contribution in [2.24, 2.45) is 0 Å². The van der Waals surface area contributed by atoms with E-state index in [1.165, 1.54) is 12.1 Å². The number of H-pyrrole nitrogens is 1. The van der Waals surface area contributed by atoms with Crippen LogP contribution in [-0.4, -0.2) is 30.3 Å². The first-order valence-corrected chi connectivity index (χ1v) is 8.25. The molecule has 1 aromatic heterocycles. The van der Waals surface area contributed by atoms with E-state index >= 15 is 0 Å². The maximum absolute atomic E-state index is 12.5. The van der Waals surface area contributed by atoms with E-state index in [1.807, 2.05) is 13.8 Å². The van der Waals surface area contributed by atoms with Gasteiger partial charge in [0.2, 0.25) is 9.84 Å². The summed E-state index contributed by atoms with van der Waals surface area (Å²) < 4.78 is 48.0. The maximum Gasteiger partial charge on any atom is 0.341 e. The molecule has 9 heteroatoms. The number of amides is 1. The highest BCUT2D eigenvalue weighted by molar-refractivity contribution is 7.91. The highest BCUT2D eigenvalue weighted by Crippen LogP contribution is 2.22. The molecule has 1 amide bonds. The first-order chi connectivity index (χ1) is 10.7. The third kappa shape index (κ3) is 3.73. The lowest BCUT2D eigenvalue weighted by Crippen LogP contribution is -2.14. The zero-order valence-electron chi connectivity index (χ0n) is 12.4. The number of sulfone groups is 1. The average molecular weight is 343 g/mol. The number of benzene rings is 1. The molecule has 2 aromatic rings. The number of rotatable bonds is 5. The number of halogens is 2. The fourth-order valence-electron chi connectivity index (χ4n) is 1.80. The number of carbonyl (C=O) groups excluding carboxylic acids is 1. The van der Waals surface area contributed by atoms with Gasteiger partial charge in [0.05, 0.1) is 4.90 Å². The third-order valence-corrected chi connectivity index (χ3v) is 4.49. The summed E-state index contributed by atoms with van der Waals surface area (Å²) in [6, 6.07) is 6.27. The van der Waals surface area contributed by atoms with Gasteiger partial charge < -0.3 is 5.32 Å². The van der Waals surface area contributed by atoms with E-state index in [0.717, 1.165) is 17.8 Å². The predicted molar refractivity (Wildman–Crippen MR) is 80.3 cm³/mol. The molecule has 0 aliphatic rings. The molecule has 2 N–H and O–H groups in total. The van der Waals surface area contributed by atoms with Gasteiger partial charge in [-0.05, 0) is 30.2 Å². The molecule has 1 aromatic carbocycles. The summed E-state index contributed by atoms with van der Waals surface area (Å²) >= 11 is 0. The van der Waals surface area contributed by atoms with E-state index in [4.69, 9.17) is 0 Å². The quantitative estimate of drug-likeness (QED) is 0.873. The van der Waals surface area contributed by atoms with Crippen LogP contribution in [0.2, 0.25) is 0 Å². The van der Waals surface area contributed by atoms with Gasteiger partial charge in [-0.25, -0.2) is 8.42 Å². The SMILES string of the molecule is CC(C)c1cc(C(=O)Nc2cccc(S(=O)(=O)C(F)F)c2)n[nH]1. The number of carbonyl (C=O) groups is 1. The maximum atomic E-state index is 12.5. The summed E-state index contributed by atoms with van der Waals surface area (Å²) in [5.74, 6) is -3.93. The molecule has 0 spiro atoms. The van der Waals surface area contributed by atoms with Crippen molar-refractivity contribution >= 4 is 21.4 Å². The zero-order valence-corrected chi connectivity index (χ0v) is 13.2. The van der Waals surface area contributed by atoms with Gasteiger partial charge in [0.25, 0.3) is 5.91 Å². The van der Waals surface area contributed by atoms with E-state index in [0.29, 0.717) is 0 Å². The Bertz CT molecular complexity index is 816. The van der Waals surface area contributed by atoms with Crippen molar-refractivity contribution in [1.29, 1.82) is 0 Å². The molecule has 0 radical (unpaired) electrons. The Balaban J connectivity index is 2.22. The van der Waals surface area contributed by atoms with Gasteiger partial charge in [-0.15, -0.1) is 0 Å². The number of anilines is 1. The molecule has 124 valence electrons. The van der Waals surface area contributed by atoms with Gasteiger partial charge in [-0.1, -0.05) is 19.9 Å². The Kier molecular flexibility index (Phi) is 4.79. The Labute approximate surface area is 131 Å². The molecular weight excluding hydrogens is 328 g/mol. The van der Waals surface area contributed by atoms with Crippen molar-refractivity contribution in [3.05, 3.63) is 41.7 Å². The number of nitrogens with one attached hydrogen (secondary N) is 2. The summed E-state index contributed by atoms with van der Waals surface area (Å²) in [6.45, 7) is 3.85. The Morgan fingerprint density at radius 3 is 2.52 bits per heavy atom. The molecule has 2 rings (SSSR count). The number of hydrogen-bond acceptors (Lipinski definition) is 4. The minimum atomic E-state index is -4.71. The number of nitrogens with zero attached hydrogens (tertiary/aromatic N) is 1.